The van der Waals surface area contributed by atoms with E-state index in [0.29, 0.717) is 0 Å². The molecule has 1 aromatic carbocycles. The monoisotopic (exact) mass is 191 g/mol. The van der Waals surface area contributed by atoms with Crippen LogP contribution in [0, 0.1) is 0 Å². The zero-order valence-electron chi connectivity index (χ0n) is 8.21. The lowest BCUT2D eigenvalue weighted by atomic mass is 10.2. The molecule has 0 atom stereocenters. The molecule has 0 fully saturated rings. The van der Waals surface area contributed by atoms with Crippen LogP contribution in [-0.4, -0.2) is 15.6 Å². The van der Waals surface area contributed by atoms with Crippen molar-refractivity contribution < 1.29 is 4.43 Å². The van der Waals surface area contributed by atoms with Gasteiger partial charge in [0.25, 0.3) is 0 Å². The average molecular weight is 191 g/mol. The highest BCUT2D eigenvalue weighted by molar-refractivity contribution is 6.66. The van der Waals surface area contributed by atoms with E-state index in [0.717, 1.165) is 6.61 Å². The molecule has 2 heteroatoms. The largest absolute Gasteiger partial charge is 0.412 e. The Balaban J connectivity index is 2.91. The first kappa shape index (κ1) is 10.2. The minimum absolute atomic E-state index is 0.788. The van der Waals surface area contributed by atoms with E-state index in [4.69, 9.17) is 4.43 Å². The van der Waals surface area contributed by atoms with Gasteiger partial charge in [-0.05, 0) is 24.2 Å². The van der Waals surface area contributed by atoms with Gasteiger partial charge >= 0.3 is 0 Å². The predicted octanol–water partition coefficient (Wildman–Crippen LogP) is 2.19. The molecular formula is C11H15OSi. The molecule has 0 saturated heterocycles. The van der Waals surface area contributed by atoms with Gasteiger partial charge in [0, 0.05) is 6.61 Å². The second-order valence-corrected chi connectivity index (χ2v) is 4.72. The molecule has 0 spiro atoms. The van der Waals surface area contributed by atoms with Crippen LogP contribution in [0.5, 0.6) is 0 Å². The second kappa shape index (κ2) is 4.99. The van der Waals surface area contributed by atoms with Crippen LogP contribution in [0.4, 0.5) is 0 Å². The van der Waals surface area contributed by atoms with Crippen molar-refractivity contribution in [2.45, 2.75) is 13.5 Å². The molecule has 0 aliphatic carbocycles. The van der Waals surface area contributed by atoms with E-state index in [-0.39, 0.29) is 0 Å². The van der Waals surface area contributed by atoms with Crippen LogP contribution in [0.15, 0.2) is 30.8 Å². The van der Waals surface area contributed by atoms with Crippen molar-refractivity contribution in [1.29, 1.82) is 0 Å². The highest BCUT2D eigenvalue weighted by Gasteiger charge is 2.10. The van der Waals surface area contributed by atoms with Gasteiger partial charge in [-0.2, -0.15) is 0 Å². The number of benzene rings is 1. The third-order valence-corrected chi connectivity index (χ3v) is 3.86. The summed E-state index contributed by atoms with van der Waals surface area (Å²) in [7, 11) is -0.831. The molecule has 1 rings (SSSR count). The SMILES string of the molecule is C=Cc1ccccc1[Si](C)OCC. The van der Waals surface area contributed by atoms with Crippen molar-refractivity contribution in [3.63, 3.8) is 0 Å². The first-order chi connectivity index (χ1) is 6.29. The highest BCUT2D eigenvalue weighted by atomic mass is 28.3. The van der Waals surface area contributed by atoms with Crippen molar-refractivity contribution in [2.24, 2.45) is 0 Å². The Morgan fingerprint density at radius 3 is 2.77 bits per heavy atom. The zero-order chi connectivity index (χ0) is 9.68. The van der Waals surface area contributed by atoms with Gasteiger partial charge in [-0.15, -0.1) is 0 Å². The van der Waals surface area contributed by atoms with Crippen LogP contribution in [-0.2, 0) is 4.43 Å². The molecule has 0 aliphatic heterocycles. The second-order valence-electron chi connectivity index (χ2n) is 2.78. The Morgan fingerprint density at radius 2 is 2.15 bits per heavy atom. The number of hydrogen-bond donors (Lipinski definition) is 0. The van der Waals surface area contributed by atoms with E-state index in [1.54, 1.807) is 0 Å². The molecule has 0 aromatic heterocycles. The Morgan fingerprint density at radius 1 is 1.46 bits per heavy atom. The summed E-state index contributed by atoms with van der Waals surface area (Å²) >= 11 is 0. The van der Waals surface area contributed by atoms with Crippen molar-refractivity contribution in [1.82, 2.24) is 0 Å². The van der Waals surface area contributed by atoms with E-state index < -0.39 is 9.04 Å². The van der Waals surface area contributed by atoms with Crippen molar-refractivity contribution >= 4 is 20.3 Å². The molecular weight excluding hydrogens is 176 g/mol. The zero-order valence-corrected chi connectivity index (χ0v) is 9.21. The maximum Gasteiger partial charge on any atom is 0.244 e. The fourth-order valence-electron chi connectivity index (χ4n) is 1.29. The van der Waals surface area contributed by atoms with Crippen molar-refractivity contribution in [3.8, 4) is 0 Å². The molecule has 0 unspecified atom stereocenters. The third-order valence-electron chi connectivity index (χ3n) is 1.92. The summed E-state index contributed by atoms with van der Waals surface area (Å²) in [5.74, 6) is 0. The molecule has 0 N–H and O–H groups in total. The van der Waals surface area contributed by atoms with Gasteiger partial charge in [0.05, 0.1) is 0 Å². The van der Waals surface area contributed by atoms with E-state index in [9.17, 15) is 0 Å². The minimum Gasteiger partial charge on any atom is -0.412 e. The Kier molecular flexibility index (Phi) is 3.93. The van der Waals surface area contributed by atoms with Gasteiger partial charge in [-0.3, -0.25) is 0 Å². The van der Waals surface area contributed by atoms with Gasteiger partial charge in [0.15, 0.2) is 0 Å². The maximum absolute atomic E-state index is 5.62. The Hall–Kier alpha value is -0.863. The van der Waals surface area contributed by atoms with Gasteiger partial charge in [0.1, 0.15) is 0 Å². The van der Waals surface area contributed by atoms with Gasteiger partial charge in [-0.25, -0.2) is 0 Å². The molecule has 13 heavy (non-hydrogen) atoms. The van der Waals surface area contributed by atoms with Crippen LogP contribution in [0.25, 0.3) is 6.08 Å². The smallest absolute Gasteiger partial charge is 0.244 e. The first-order valence-corrected chi connectivity index (χ1v) is 6.38. The summed E-state index contributed by atoms with van der Waals surface area (Å²) < 4.78 is 5.62. The first-order valence-electron chi connectivity index (χ1n) is 4.47. The van der Waals surface area contributed by atoms with Crippen LogP contribution in [0.3, 0.4) is 0 Å². The third kappa shape index (κ3) is 2.54. The Bertz CT molecular complexity index is 283. The van der Waals surface area contributed by atoms with Crippen LogP contribution < -0.4 is 5.19 Å². The normalized spacial score (nSPS) is 10.4. The predicted molar refractivity (Wildman–Crippen MR) is 59.4 cm³/mol. The molecule has 69 valence electrons. The van der Waals surface area contributed by atoms with Crippen molar-refractivity contribution in [2.75, 3.05) is 6.61 Å². The lowest BCUT2D eigenvalue weighted by Crippen LogP contribution is -2.32. The fraction of sp³-hybridized carbons (Fsp3) is 0.273. The fourth-order valence-corrected chi connectivity index (χ4v) is 2.80. The summed E-state index contributed by atoms with van der Waals surface area (Å²) in [6.45, 7) is 8.78. The van der Waals surface area contributed by atoms with E-state index >= 15 is 0 Å². The summed E-state index contributed by atoms with van der Waals surface area (Å²) in [4.78, 5) is 0. The molecule has 0 aliphatic rings. The Labute approximate surface area is 81.8 Å². The van der Waals surface area contributed by atoms with E-state index in [2.05, 4.69) is 31.3 Å². The lowest BCUT2D eigenvalue weighted by Gasteiger charge is -2.11. The highest BCUT2D eigenvalue weighted by Crippen LogP contribution is 2.00. The van der Waals surface area contributed by atoms with Gasteiger partial charge in [0.2, 0.25) is 9.04 Å². The molecule has 1 aromatic rings. The number of hydrogen-bond acceptors (Lipinski definition) is 1. The maximum atomic E-state index is 5.62. The van der Waals surface area contributed by atoms with Gasteiger partial charge in [-0.1, -0.05) is 36.9 Å². The molecule has 1 radical (unpaired) electrons. The van der Waals surface area contributed by atoms with E-state index in [1.165, 1.54) is 10.8 Å². The molecule has 0 bridgehead atoms. The quantitative estimate of drug-likeness (QED) is 0.663. The summed E-state index contributed by atoms with van der Waals surface area (Å²) in [6, 6.07) is 8.29. The van der Waals surface area contributed by atoms with Crippen LogP contribution in [0.1, 0.15) is 12.5 Å². The summed E-state index contributed by atoms with van der Waals surface area (Å²) in [6.07, 6.45) is 1.89. The molecule has 1 nitrogen and oxygen atoms in total. The molecule has 0 heterocycles. The molecule has 0 saturated carbocycles. The lowest BCUT2D eigenvalue weighted by molar-refractivity contribution is 0.354. The molecule has 0 amide bonds. The van der Waals surface area contributed by atoms with Crippen molar-refractivity contribution in [3.05, 3.63) is 36.4 Å². The standard InChI is InChI=1S/C11H15OSi/c1-4-10-8-6-7-9-11(10)13(3)12-5-2/h4,6-9H,1,5H2,2-3H3. The minimum atomic E-state index is -0.831. The topological polar surface area (TPSA) is 9.23 Å². The van der Waals surface area contributed by atoms with Crippen LogP contribution in [0.2, 0.25) is 6.55 Å². The average Bonchev–Trinajstić information content (AvgIpc) is 2.18. The van der Waals surface area contributed by atoms with Crippen LogP contribution >= 0.6 is 0 Å². The van der Waals surface area contributed by atoms with E-state index in [1.807, 2.05) is 19.1 Å². The van der Waals surface area contributed by atoms with Gasteiger partial charge < -0.3 is 4.43 Å². The summed E-state index contributed by atoms with van der Waals surface area (Å²) in [5.41, 5.74) is 1.20. The summed E-state index contributed by atoms with van der Waals surface area (Å²) in [5, 5.41) is 1.31. The number of rotatable bonds is 4.